The molecule has 0 atom stereocenters. The van der Waals surface area contributed by atoms with Crippen LogP contribution in [0.15, 0.2) is 22.7 Å². The second-order valence-electron chi connectivity index (χ2n) is 4.67. The van der Waals surface area contributed by atoms with Gasteiger partial charge in [-0.2, -0.15) is 0 Å². The fourth-order valence-corrected chi connectivity index (χ4v) is 2.81. The molecular formula is C13H16BrClFNO2. The van der Waals surface area contributed by atoms with Crippen molar-refractivity contribution >= 4 is 34.3 Å². The molecule has 3 nitrogen and oxygen atoms in total. The average molecular weight is 353 g/mol. The van der Waals surface area contributed by atoms with Crippen molar-refractivity contribution < 1.29 is 14.3 Å². The number of nitrogens with zero attached hydrogens (tertiary/aromatic N) is 1. The van der Waals surface area contributed by atoms with Gasteiger partial charge in [-0.15, -0.1) is 12.4 Å². The highest BCUT2D eigenvalue weighted by Crippen LogP contribution is 2.21. The van der Waals surface area contributed by atoms with E-state index in [9.17, 15) is 9.18 Å². The van der Waals surface area contributed by atoms with Gasteiger partial charge in [0.05, 0.1) is 5.92 Å². The van der Waals surface area contributed by atoms with Crippen LogP contribution in [0.2, 0.25) is 0 Å². The van der Waals surface area contributed by atoms with E-state index in [1.807, 2.05) is 6.07 Å². The number of aliphatic carboxylic acids is 1. The third kappa shape index (κ3) is 4.75. The van der Waals surface area contributed by atoms with Gasteiger partial charge in [-0.25, -0.2) is 4.39 Å². The number of hydrogen-bond donors (Lipinski definition) is 1. The lowest BCUT2D eigenvalue weighted by Crippen LogP contribution is -2.35. The maximum atomic E-state index is 13.2. The summed E-state index contributed by atoms with van der Waals surface area (Å²) in [6.07, 6.45) is 1.34. The Hall–Kier alpha value is -0.650. The van der Waals surface area contributed by atoms with Crippen molar-refractivity contribution in [2.45, 2.75) is 19.4 Å². The molecule has 1 aliphatic rings. The minimum absolute atomic E-state index is 0. The number of rotatable bonds is 3. The van der Waals surface area contributed by atoms with E-state index < -0.39 is 5.97 Å². The first kappa shape index (κ1) is 16.4. The summed E-state index contributed by atoms with van der Waals surface area (Å²) in [6, 6.07) is 4.85. The van der Waals surface area contributed by atoms with Crippen molar-refractivity contribution in [1.29, 1.82) is 0 Å². The molecule has 1 aromatic carbocycles. The Balaban J connectivity index is 0.00000180. The lowest BCUT2D eigenvalue weighted by Gasteiger charge is -2.30. The van der Waals surface area contributed by atoms with Crippen molar-refractivity contribution in [1.82, 2.24) is 4.90 Å². The molecular weight excluding hydrogens is 337 g/mol. The summed E-state index contributed by atoms with van der Waals surface area (Å²) in [6.45, 7) is 2.18. The number of halogens is 3. The first-order chi connectivity index (χ1) is 8.54. The van der Waals surface area contributed by atoms with Crippen molar-refractivity contribution in [2.24, 2.45) is 5.92 Å². The Labute approximate surface area is 126 Å². The van der Waals surface area contributed by atoms with E-state index in [0.717, 1.165) is 23.1 Å². The molecule has 106 valence electrons. The zero-order valence-electron chi connectivity index (χ0n) is 10.3. The van der Waals surface area contributed by atoms with E-state index in [-0.39, 0.29) is 24.1 Å². The normalized spacial score (nSPS) is 16.9. The zero-order chi connectivity index (χ0) is 13.1. The molecule has 0 saturated carbocycles. The molecule has 6 heteroatoms. The number of carbonyl (C=O) groups is 1. The number of carboxylic acid groups (broad SMARTS) is 1. The summed E-state index contributed by atoms with van der Waals surface area (Å²) in [5.74, 6) is -1.18. The van der Waals surface area contributed by atoms with E-state index >= 15 is 0 Å². The van der Waals surface area contributed by atoms with Crippen LogP contribution in [0.4, 0.5) is 4.39 Å². The van der Waals surface area contributed by atoms with Crippen LogP contribution < -0.4 is 0 Å². The summed E-state index contributed by atoms with van der Waals surface area (Å²) in [4.78, 5) is 13.0. The van der Waals surface area contributed by atoms with Crippen molar-refractivity contribution in [3.63, 3.8) is 0 Å². The van der Waals surface area contributed by atoms with Crippen LogP contribution in [-0.4, -0.2) is 29.1 Å². The number of piperidine rings is 1. The van der Waals surface area contributed by atoms with E-state index in [1.54, 1.807) is 0 Å². The van der Waals surface area contributed by atoms with Gasteiger partial charge in [0.15, 0.2) is 0 Å². The van der Waals surface area contributed by atoms with Crippen LogP contribution in [0.3, 0.4) is 0 Å². The molecule has 0 unspecified atom stereocenters. The van der Waals surface area contributed by atoms with Crippen LogP contribution in [0, 0.1) is 11.7 Å². The number of likely N-dealkylation sites (tertiary alicyclic amines) is 1. The Morgan fingerprint density at radius 3 is 2.53 bits per heavy atom. The highest BCUT2D eigenvalue weighted by Gasteiger charge is 2.24. The maximum Gasteiger partial charge on any atom is 0.306 e. The molecule has 1 saturated heterocycles. The van der Waals surface area contributed by atoms with Gasteiger partial charge < -0.3 is 5.11 Å². The second-order valence-corrected chi connectivity index (χ2v) is 5.58. The van der Waals surface area contributed by atoms with E-state index in [4.69, 9.17) is 5.11 Å². The van der Waals surface area contributed by atoms with Crippen molar-refractivity contribution in [3.05, 3.63) is 34.1 Å². The Morgan fingerprint density at radius 1 is 1.37 bits per heavy atom. The van der Waals surface area contributed by atoms with Crippen LogP contribution >= 0.6 is 28.3 Å². The topological polar surface area (TPSA) is 40.5 Å². The maximum absolute atomic E-state index is 13.2. The number of carboxylic acids is 1. The third-order valence-electron chi connectivity index (χ3n) is 3.27. The van der Waals surface area contributed by atoms with Crippen LogP contribution in [0.5, 0.6) is 0 Å². The monoisotopic (exact) mass is 351 g/mol. The van der Waals surface area contributed by atoms with Gasteiger partial charge >= 0.3 is 5.97 Å². The minimum atomic E-state index is -0.705. The summed E-state index contributed by atoms with van der Waals surface area (Å²) < 4.78 is 14.0. The van der Waals surface area contributed by atoms with Gasteiger partial charge in [0.2, 0.25) is 0 Å². The van der Waals surface area contributed by atoms with E-state index in [0.29, 0.717) is 19.4 Å². The summed E-state index contributed by atoms with van der Waals surface area (Å²) in [5.41, 5.74) is 0.913. The highest BCUT2D eigenvalue weighted by molar-refractivity contribution is 9.10. The highest BCUT2D eigenvalue weighted by atomic mass is 79.9. The average Bonchev–Trinajstić information content (AvgIpc) is 2.28. The minimum Gasteiger partial charge on any atom is -0.481 e. The molecule has 2 rings (SSSR count). The quantitative estimate of drug-likeness (QED) is 0.907. The fourth-order valence-electron chi connectivity index (χ4n) is 2.30. The first-order valence-corrected chi connectivity index (χ1v) is 6.74. The molecule has 1 heterocycles. The molecule has 0 aliphatic carbocycles. The predicted octanol–water partition coefficient (Wildman–Crippen LogP) is 3.31. The lowest BCUT2D eigenvalue weighted by atomic mass is 9.97. The van der Waals surface area contributed by atoms with Gasteiger partial charge in [-0.3, -0.25) is 9.69 Å². The predicted molar refractivity (Wildman–Crippen MR) is 77.0 cm³/mol. The molecule has 0 aromatic heterocycles. The van der Waals surface area contributed by atoms with Gasteiger partial charge in [-0.1, -0.05) is 15.9 Å². The molecule has 1 N–H and O–H groups in total. The van der Waals surface area contributed by atoms with Gasteiger partial charge in [0.1, 0.15) is 5.82 Å². The number of hydrogen-bond acceptors (Lipinski definition) is 2. The number of benzene rings is 1. The van der Waals surface area contributed by atoms with Crippen molar-refractivity contribution in [2.75, 3.05) is 13.1 Å². The fraction of sp³-hybridized carbons (Fsp3) is 0.462. The zero-order valence-corrected chi connectivity index (χ0v) is 12.7. The van der Waals surface area contributed by atoms with Gasteiger partial charge in [0.25, 0.3) is 0 Å². The van der Waals surface area contributed by atoms with Gasteiger partial charge in [0, 0.05) is 11.0 Å². The molecule has 19 heavy (non-hydrogen) atoms. The molecule has 0 bridgehead atoms. The van der Waals surface area contributed by atoms with E-state index in [1.165, 1.54) is 12.1 Å². The van der Waals surface area contributed by atoms with Crippen LogP contribution in [-0.2, 0) is 11.3 Å². The second kappa shape index (κ2) is 7.22. The molecule has 1 aliphatic heterocycles. The summed E-state index contributed by atoms with van der Waals surface area (Å²) in [7, 11) is 0. The van der Waals surface area contributed by atoms with Crippen LogP contribution in [0.1, 0.15) is 18.4 Å². The smallest absolute Gasteiger partial charge is 0.306 e. The van der Waals surface area contributed by atoms with Crippen LogP contribution in [0.25, 0.3) is 0 Å². The lowest BCUT2D eigenvalue weighted by molar-refractivity contribution is -0.143. The molecule has 1 aromatic rings. The Kier molecular flexibility index (Phi) is 6.23. The standard InChI is InChI=1S/C13H15BrFNO2.ClH/c14-11-5-9(6-12(15)7-11)8-16-3-1-10(2-4-16)13(17)18;/h5-7,10H,1-4,8H2,(H,17,18);1H. The molecule has 1 fully saturated rings. The third-order valence-corrected chi connectivity index (χ3v) is 3.72. The molecule has 0 spiro atoms. The summed E-state index contributed by atoms with van der Waals surface area (Å²) in [5, 5.41) is 8.91. The SMILES string of the molecule is Cl.O=C(O)C1CCN(Cc2cc(F)cc(Br)c2)CC1. The van der Waals surface area contributed by atoms with Crippen molar-refractivity contribution in [3.8, 4) is 0 Å². The molecule has 0 amide bonds. The Bertz CT molecular complexity index is 430. The first-order valence-electron chi connectivity index (χ1n) is 5.95. The van der Waals surface area contributed by atoms with E-state index in [2.05, 4.69) is 20.8 Å². The van der Waals surface area contributed by atoms with Gasteiger partial charge in [-0.05, 0) is 49.7 Å². The summed E-state index contributed by atoms with van der Waals surface area (Å²) >= 11 is 3.27. The Morgan fingerprint density at radius 2 is 2.00 bits per heavy atom. The largest absolute Gasteiger partial charge is 0.481 e. The molecule has 0 radical (unpaired) electrons.